The van der Waals surface area contributed by atoms with E-state index in [1.165, 1.54) is 25.7 Å². The summed E-state index contributed by atoms with van der Waals surface area (Å²) in [6, 6.07) is 7.25. The summed E-state index contributed by atoms with van der Waals surface area (Å²) in [6.45, 7) is 2.43. The van der Waals surface area contributed by atoms with Crippen LogP contribution in [0, 0.1) is 5.92 Å². The summed E-state index contributed by atoms with van der Waals surface area (Å²) in [7, 11) is 0. The highest BCUT2D eigenvalue weighted by atomic mass is 32.1. The predicted molar refractivity (Wildman–Crippen MR) is 88.3 cm³/mol. The SMILES string of the molecule is CC(OCC1CCCC1)C(=O)Nc1ccccc1C(N)=S. The molecule has 1 aromatic carbocycles. The third-order valence-corrected chi connectivity index (χ3v) is 4.10. The molecule has 0 bridgehead atoms. The molecule has 2 rings (SSSR count). The predicted octanol–water partition coefficient (Wildman–Crippen LogP) is 2.85. The van der Waals surface area contributed by atoms with Crippen molar-refractivity contribution in [3.8, 4) is 0 Å². The second-order valence-corrected chi connectivity index (χ2v) is 5.96. The van der Waals surface area contributed by atoms with Crippen molar-refractivity contribution < 1.29 is 9.53 Å². The molecule has 1 aliphatic rings. The minimum atomic E-state index is -0.481. The van der Waals surface area contributed by atoms with Crippen LogP contribution in [-0.4, -0.2) is 23.6 Å². The van der Waals surface area contributed by atoms with E-state index in [9.17, 15) is 4.79 Å². The molecule has 1 atom stereocenters. The second kappa shape index (κ2) is 7.52. The molecule has 0 saturated heterocycles. The van der Waals surface area contributed by atoms with Crippen LogP contribution in [0.5, 0.6) is 0 Å². The van der Waals surface area contributed by atoms with Gasteiger partial charge in [0, 0.05) is 5.56 Å². The second-order valence-electron chi connectivity index (χ2n) is 5.53. The van der Waals surface area contributed by atoms with Gasteiger partial charge in [-0.3, -0.25) is 4.79 Å². The Balaban J connectivity index is 1.89. The number of carbonyl (C=O) groups is 1. The molecule has 0 heterocycles. The third kappa shape index (κ3) is 4.51. The Bertz CT molecular complexity index is 513. The zero-order chi connectivity index (χ0) is 15.2. The number of benzene rings is 1. The van der Waals surface area contributed by atoms with Crippen LogP contribution in [0.15, 0.2) is 24.3 Å². The van der Waals surface area contributed by atoms with Gasteiger partial charge < -0.3 is 15.8 Å². The van der Waals surface area contributed by atoms with Gasteiger partial charge in [-0.2, -0.15) is 0 Å². The molecule has 1 aliphatic carbocycles. The van der Waals surface area contributed by atoms with Crippen molar-refractivity contribution in [1.82, 2.24) is 0 Å². The van der Waals surface area contributed by atoms with Gasteiger partial charge in [0.2, 0.25) is 0 Å². The van der Waals surface area contributed by atoms with Gasteiger partial charge in [0.25, 0.3) is 5.91 Å². The molecule has 0 aromatic heterocycles. The van der Waals surface area contributed by atoms with E-state index in [4.69, 9.17) is 22.7 Å². The standard InChI is InChI=1S/C16H22N2O2S/c1-11(20-10-12-6-2-3-7-12)16(19)18-14-9-5-4-8-13(14)15(17)21/h4-5,8-9,11-12H,2-3,6-7,10H2,1H3,(H2,17,21)(H,18,19). The highest BCUT2D eigenvalue weighted by Crippen LogP contribution is 2.25. The first-order chi connectivity index (χ1) is 10.1. The van der Waals surface area contributed by atoms with Gasteiger partial charge in [-0.25, -0.2) is 0 Å². The summed E-state index contributed by atoms with van der Waals surface area (Å²) in [5, 5.41) is 2.84. The molecule has 3 N–H and O–H groups in total. The van der Waals surface area contributed by atoms with E-state index in [0.29, 0.717) is 23.8 Å². The van der Waals surface area contributed by atoms with Crippen molar-refractivity contribution in [2.75, 3.05) is 11.9 Å². The van der Waals surface area contributed by atoms with Crippen molar-refractivity contribution in [3.63, 3.8) is 0 Å². The van der Waals surface area contributed by atoms with Crippen molar-refractivity contribution >= 4 is 28.8 Å². The summed E-state index contributed by atoms with van der Waals surface area (Å²) < 4.78 is 5.68. The highest BCUT2D eigenvalue weighted by Gasteiger charge is 2.20. The van der Waals surface area contributed by atoms with Gasteiger partial charge in [0.1, 0.15) is 11.1 Å². The minimum absolute atomic E-state index is 0.170. The van der Waals surface area contributed by atoms with Gasteiger partial charge in [0.05, 0.1) is 12.3 Å². The molecule has 0 radical (unpaired) electrons. The topological polar surface area (TPSA) is 64.3 Å². The Morgan fingerprint density at radius 2 is 2.10 bits per heavy atom. The van der Waals surface area contributed by atoms with Crippen LogP contribution in [0.1, 0.15) is 38.2 Å². The number of hydrogen-bond donors (Lipinski definition) is 2. The van der Waals surface area contributed by atoms with E-state index in [1.54, 1.807) is 19.1 Å². The largest absolute Gasteiger partial charge is 0.389 e. The molecule has 21 heavy (non-hydrogen) atoms. The Morgan fingerprint density at radius 1 is 1.43 bits per heavy atom. The number of rotatable bonds is 6. The van der Waals surface area contributed by atoms with Crippen molar-refractivity contribution in [2.24, 2.45) is 11.7 Å². The van der Waals surface area contributed by atoms with Crippen LogP contribution >= 0.6 is 12.2 Å². The quantitative estimate of drug-likeness (QED) is 0.793. The molecule has 114 valence electrons. The summed E-state index contributed by atoms with van der Waals surface area (Å²) in [4.78, 5) is 12.4. The smallest absolute Gasteiger partial charge is 0.253 e. The van der Waals surface area contributed by atoms with Crippen molar-refractivity contribution in [1.29, 1.82) is 0 Å². The highest BCUT2D eigenvalue weighted by molar-refractivity contribution is 7.80. The Kier molecular flexibility index (Phi) is 5.70. The zero-order valence-electron chi connectivity index (χ0n) is 12.3. The molecule has 1 amide bonds. The average molecular weight is 306 g/mol. The fourth-order valence-electron chi connectivity index (χ4n) is 2.57. The van der Waals surface area contributed by atoms with Crippen LogP contribution in [0.25, 0.3) is 0 Å². The van der Waals surface area contributed by atoms with E-state index in [0.717, 1.165) is 0 Å². The Hall–Kier alpha value is -1.46. The maximum absolute atomic E-state index is 12.2. The number of thiocarbonyl (C=S) groups is 1. The van der Waals surface area contributed by atoms with Crippen molar-refractivity contribution in [3.05, 3.63) is 29.8 Å². The van der Waals surface area contributed by atoms with Crippen LogP contribution in [0.3, 0.4) is 0 Å². The van der Waals surface area contributed by atoms with Gasteiger partial charge in [-0.1, -0.05) is 37.2 Å². The first kappa shape index (κ1) is 15.9. The van der Waals surface area contributed by atoms with E-state index in [-0.39, 0.29) is 10.9 Å². The monoisotopic (exact) mass is 306 g/mol. The molecule has 1 unspecified atom stereocenters. The fourth-order valence-corrected chi connectivity index (χ4v) is 2.75. The fraction of sp³-hybridized carbons (Fsp3) is 0.500. The number of carbonyl (C=O) groups excluding carboxylic acids is 1. The maximum atomic E-state index is 12.2. The van der Waals surface area contributed by atoms with Crippen LogP contribution < -0.4 is 11.1 Å². The van der Waals surface area contributed by atoms with Crippen LogP contribution in [0.2, 0.25) is 0 Å². The first-order valence-electron chi connectivity index (χ1n) is 7.39. The lowest BCUT2D eigenvalue weighted by Gasteiger charge is -2.17. The van der Waals surface area contributed by atoms with E-state index >= 15 is 0 Å². The molecule has 0 aliphatic heterocycles. The molecule has 4 nitrogen and oxygen atoms in total. The number of nitrogens with two attached hydrogens (primary N) is 1. The van der Waals surface area contributed by atoms with Gasteiger partial charge in [0.15, 0.2) is 0 Å². The lowest BCUT2D eigenvalue weighted by molar-refractivity contribution is -0.127. The van der Waals surface area contributed by atoms with E-state index in [1.807, 2.05) is 12.1 Å². The number of ether oxygens (including phenoxy) is 1. The summed E-state index contributed by atoms with van der Waals surface area (Å²) >= 11 is 4.99. The van der Waals surface area contributed by atoms with Crippen LogP contribution in [-0.2, 0) is 9.53 Å². The molecule has 1 saturated carbocycles. The van der Waals surface area contributed by atoms with Gasteiger partial charge >= 0.3 is 0 Å². The normalized spacial score (nSPS) is 16.6. The summed E-state index contributed by atoms with van der Waals surface area (Å²) in [5.41, 5.74) is 6.96. The molecular formula is C16H22N2O2S. The maximum Gasteiger partial charge on any atom is 0.253 e. The van der Waals surface area contributed by atoms with Crippen LogP contribution in [0.4, 0.5) is 5.69 Å². The van der Waals surface area contributed by atoms with Gasteiger partial charge in [-0.15, -0.1) is 0 Å². The average Bonchev–Trinajstić information content (AvgIpc) is 2.98. The van der Waals surface area contributed by atoms with Gasteiger partial charge in [-0.05, 0) is 37.8 Å². The lowest BCUT2D eigenvalue weighted by Crippen LogP contribution is -2.30. The number of hydrogen-bond acceptors (Lipinski definition) is 3. The molecule has 0 spiro atoms. The number of amides is 1. The number of nitrogens with one attached hydrogen (secondary N) is 1. The van der Waals surface area contributed by atoms with E-state index in [2.05, 4.69) is 5.32 Å². The molecule has 1 aromatic rings. The zero-order valence-corrected chi connectivity index (χ0v) is 13.1. The Morgan fingerprint density at radius 3 is 2.76 bits per heavy atom. The lowest BCUT2D eigenvalue weighted by atomic mass is 10.1. The Labute approximate surface area is 131 Å². The third-order valence-electron chi connectivity index (χ3n) is 3.88. The summed E-state index contributed by atoms with van der Waals surface area (Å²) in [6.07, 6.45) is 4.48. The minimum Gasteiger partial charge on any atom is -0.389 e. The van der Waals surface area contributed by atoms with Crippen molar-refractivity contribution in [2.45, 2.75) is 38.7 Å². The molecular weight excluding hydrogens is 284 g/mol. The number of anilines is 1. The van der Waals surface area contributed by atoms with E-state index < -0.39 is 6.10 Å². The first-order valence-corrected chi connectivity index (χ1v) is 7.80. The molecule has 1 fully saturated rings. The number of para-hydroxylation sites is 1. The summed E-state index contributed by atoms with van der Waals surface area (Å²) in [5.74, 6) is 0.431. The molecule has 5 heteroatoms.